The Morgan fingerprint density at radius 1 is 1.15 bits per heavy atom. The Balaban J connectivity index is 1.43. The molecule has 0 bridgehead atoms. The molecule has 3 N–H and O–H groups in total. The molecule has 0 spiro atoms. The lowest BCUT2D eigenvalue weighted by Crippen LogP contribution is -2.22. The molecule has 2 aromatic heterocycles. The van der Waals surface area contributed by atoms with Gasteiger partial charge in [-0.1, -0.05) is 42.1 Å². The first-order valence-corrected chi connectivity index (χ1v) is 10.0. The Labute approximate surface area is 163 Å². The van der Waals surface area contributed by atoms with Crippen LogP contribution < -0.4 is 11.0 Å². The van der Waals surface area contributed by atoms with Gasteiger partial charge in [0, 0.05) is 16.6 Å². The molecule has 0 aliphatic rings. The van der Waals surface area contributed by atoms with E-state index in [4.69, 9.17) is 0 Å². The van der Waals surface area contributed by atoms with Crippen LogP contribution in [0.5, 0.6) is 0 Å². The fourth-order valence-electron chi connectivity index (χ4n) is 2.61. The minimum Gasteiger partial charge on any atom is -0.325 e. The highest BCUT2D eigenvalue weighted by atomic mass is 32.2. The molecule has 1 amide bonds. The van der Waals surface area contributed by atoms with Crippen LogP contribution in [0.25, 0.3) is 22.3 Å². The van der Waals surface area contributed by atoms with Gasteiger partial charge in [-0.05, 0) is 25.1 Å². The number of rotatable bonds is 5. The van der Waals surface area contributed by atoms with E-state index >= 15 is 0 Å². The summed E-state index contributed by atoms with van der Waals surface area (Å²) in [5, 5.41) is 4.58. The molecule has 2 heterocycles. The molecule has 4 rings (SSSR count). The number of thioether (sulfide) groups is 1. The number of aromatic amines is 2. The van der Waals surface area contributed by atoms with Gasteiger partial charge in [0.05, 0.1) is 22.0 Å². The summed E-state index contributed by atoms with van der Waals surface area (Å²) < 4.78 is 0.849. The van der Waals surface area contributed by atoms with Crippen molar-refractivity contribution in [1.82, 2.24) is 15.0 Å². The average Bonchev–Trinajstić information content (AvgIpc) is 3.27. The Morgan fingerprint density at radius 2 is 1.93 bits per heavy atom. The van der Waals surface area contributed by atoms with Crippen LogP contribution in [0.4, 0.5) is 5.69 Å². The van der Waals surface area contributed by atoms with Crippen molar-refractivity contribution in [2.24, 2.45) is 0 Å². The first kappa shape index (κ1) is 17.6. The second kappa shape index (κ2) is 7.42. The second-order valence-corrected chi connectivity index (χ2v) is 8.40. The van der Waals surface area contributed by atoms with E-state index in [1.54, 1.807) is 18.2 Å². The molecule has 1 unspecified atom stereocenters. The summed E-state index contributed by atoms with van der Waals surface area (Å²) in [6.07, 6.45) is 0. The largest absolute Gasteiger partial charge is 0.325 e. The van der Waals surface area contributed by atoms with Crippen LogP contribution in [0.3, 0.4) is 0 Å². The van der Waals surface area contributed by atoms with Gasteiger partial charge in [-0.25, -0.2) is 9.78 Å². The topological polar surface area (TPSA) is 90.6 Å². The van der Waals surface area contributed by atoms with E-state index in [0.717, 1.165) is 15.6 Å². The number of H-pyrrole nitrogens is 2. The van der Waals surface area contributed by atoms with Gasteiger partial charge in [0.1, 0.15) is 0 Å². The number of nitrogens with zero attached hydrogens (tertiary/aromatic N) is 1. The van der Waals surface area contributed by atoms with Gasteiger partial charge in [-0.15, -0.1) is 11.3 Å². The molecule has 136 valence electrons. The van der Waals surface area contributed by atoms with Crippen LogP contribution in [0, 0.1) is 0 Å². The van der Waals surface area contributed by atoms with Gasteiger partial charge in [0.15, 0.2) is 4.34 Å². The molecular formula is C19H16N4O2S2. The Kier molecular flexibility index (Phi) is 4.83. The van der Waals surface area contributed by atoms with E-state index in [2.05, 4.69) is 20.3 Å². The van der Waals surface area contributed by atoms with Crippen molar-refractivity contribution in [3.05, 3.63) is 64.4 Å². The Hall–Kier alpha value is -2.84. The number of fused-ring (bicyclic) bond motifs is 1. The maximum absolute atomic E-state index is 12.5. The number of anilines is 1. The molecular weight excluding hydrogens is 380 g/mol. The number of hydrogen-bond donors (Lipinski definition) is 3. The van der Waals surface area contributed by atoms with Crippen molar-refractivity contribution in [2.75, 3.05) is 5.32 Å². The summed E-state index contributed by atoms with van der Waals surface area (Å²) in [5.41, 5.74) is 3.71. The molecule has 0 radical (unpaired) electrons. The van der Waals surface area contributed by atoms with Crippen molar-refractivity contribution < 1.29 is 4.79 Å². The number of imidazole rings is 1. The van der Waals surface area contributed by atoms with Crippen molar-refractivity contribution in [1.29, 1.82) is 0 Å². The molecule has 2 aromatic carbocycles. The van der Waals surface area contributed by atoms with Gasteiger partial charge in [0.2, 0.25) is 5.91 Å². The predicted octanol–water partition coefficient (Wildman–Crippen LogP) is 4.10. The highest BCUT2D eigenvalue weighted by molar-refractivity contribution is 8.02. The van der Waals surface area contributed by atoms with E-state index in [0.29, 0.717) is 16.7 Å². The number of carbonyl (C=O) groups is 1. The van der Waals surface area contributed by atoms with Gasteiger partial charge in [0.25, 0.3) is 0 Å². The maximum Gasteiger partial charge on any atom is 0.323 e. The van der Waals surface area contributed by atoms with Gasteiger partial charge in [-0.2, -0.15) is 0 Å². The highest BCUT2D eigenvalue weighted by Gasteiger charge is 2.17. The lowest BCUT2D eigenvalue weighted by atomic mass is 10.2. The zero-order valence-electron chi connectivity index (χ0n) is 14.4. The molecule has 0 fully saturated rings. The number of amides is 1. The Morgan fingerprint density at radius 3 is 2.74 bits per heavy atom. The first-order valence-electron chi connectivity index (χ1n) is 8.29. The molecule has 8 heteroatoms. The SMILES string of the molecule is CC(Sc1nc(-c2ccccc2)cs1)C(=O)Nc1ccc2[nH]c(=O)[nH]c2c1. The molecule has 0 saturated carbocycles. The molecule has 0 aliphatic carbocycles. The number of carbonyl (C=O) groups excluding carboxylic acids is 1. The monoisotopic (exact) mass is 396 g/mol. The standard InChI is InChI=1S/C19H16N4O2S2/c1-11(27-19-23-16(10-26-19)12-5-3-2-4-6-12)17(24)20-13-7-8-14-15(9-13)22-18(25)21-14/h2-11H,1H3,(H,20,24)(H2,21,22,25). The smallest absolute Gasteiger partial charge is 0.323 e. The van der Waals surface area contributed by atoms with Crippen molar-refractivity contribution in [3.63, 3.8) is 0 Å². The number of thiazole rings is 1. The van der Waals surface area contributed by atoms with Crippen LogP contribution in [0.2, 0.25) is 0 Å². The summed E-state index contributed by atoms with van der Waals surface area (Å²) in [4.78, 5) is 33.8. The quantitative estimate of drug-likeness (QED) is 0.443. The number of aromatic nitrogens is 3. The molecule has 6 nitrogen and oxygen atoms in total. The Bertz CT molecular complexity index is 1150. The van der Waals surface area contributed by atoms with E-state index in [9.17, 15) is 9.59 Å². The molecule has 4 aromatic rings. The van der Waals surface area contributed by atoms with E-state index in [1.165, 1.54) is 23.1 Å². The number of nitrogens with one attached hydrogen (secondary N) is 3. The van der Waals surface area contributed by atoms with Crippen LogP contribution >= 0.6 is 23.1 Å². The number of hydrogen-bond acceptors (Lipinski definition) is 5. The van der Waals surface area contributed by atoms with E-state index in [-0.39, 0.29) is 16.8 Å². The van der Waals surface area contributed by atoms with Crippen LogP contribution in [-0.4, -0.2) is 26.1 Å². The summed E-state index contributed by atoms with van der Waals surface area (Å²) in [6.45, 7) is 1.85. The van der Waals surface area contributed by atoms with Crippen LogP contribution in [0.1, 0.15) is 6.92 Å². The third-order valence-electron chi connectivity index (χ3n) is 3.98. The average molecular weight is 396 g/mol. The second-order valence-electron chi connectivity index (χ2n) is 5.95. The van der Waals surface area contributed by atoms with Crippen molar-refractivity contribution in [3.8, 4) is 11.3 Å². The van der Waals surface area contributed by atoms with Gasteiger partial charge < -0.3 is 15.3 Å². The molecule has 1 atom stereocenters. The van der Waals surface area contributed by atoms with Crippen molar-refractivity contribution in [2.45, 2.75) is 16.5 Å². The molecule has 27 heavy (non-hydrogen) atoms. The predicted molar refractivity (Wildman–Crippen MR) is 110 cm³/mol. The lowest BCUT2D eigenvalue weighted by molar-refractivity contribution is -0.115. The number of benzene rings is 2. The zero-order chi connectivity index (χ0) is 18.8. The summed E-state index contributed by atoms with van der Waals surface area (Å²) >= 11 is 2.95. The van der Waals surface area contributed by atoms with Crippen LogP contribution in [0.15, 0.2) is 63.0 Å². The highest BCUT2D eigenvalue weighted by Crippen LogP contribution is 2.31. The van der Waals surface area contributed by atoms with Crippen molar-refractivity contribution >= 4 is 45.7 Å². The minimum atomic E-state index is -0.305. The third kappa shape index (κ3) is 3.96. The summed E-state index contributed by atoms with van der Waals surface area (Å²) in [6, 6.07) is 15.2. The summed E-state index contributed by atoms with van der Waals surface area (Å²) in [5.74, 6) is -0.117. The zero-order valence-corrected chi connectivity index (χ0v) is 16.0. The molecule has 0 saturated heterocycles. The third-order valence-corrected chi connectivity index (χ3v) is 6.05. The minimum absolute atomic E-state index is 0.117. The van der Waals surface area contributed by atoms with Gasteiger partial charge >= 0.3 is 5.69 Å². The maximum atomic E-state index is 12.5. The van der Waals surface area contributed by atoms with Gasteiger partial charge in [-0.3, -0.25) is 4.79 Å². The molecule has 0 aliphatic heterocycles. The van der Waals surface area contributed by atoms with E-state index in [1.807, 2.05) is 42.6 Å². The summed E-state index contributed by atoms with van der Waals surface area (Å²) in [7, 11) is 0. The van der Waals surface area contributed by atoms with Crippen LogP contribution in [-0.2, 0) is 4.79 Å². The fourth-order valence-corrected chi connectivity index (χ4v) is 4.58. The fraction of sp³-hybridized carbons (Fsp3) is 0.105. The first-order chi connectivity index (χ1) is 13.1. The normalized spacial score (nSPS) is 12.2. The lowest BCUT2D eigenvalue weighted by Gasteiger charge is -2.10. The van der Waals surface area contributed by atoms with E-state index < -0.39 is 0 Å².